The van der Waals surface area contributed by atoms with Crippen LogP contribution in [-0.2, 0) is 9.53 Å². The number of rotatable bonds is 5. The van der Waals surface area contributed by atoms with Crippen molar-refractivity contribution in [3.05, 3.63) is 0 Å². The number of nitrogens with zero attached hydrogens (tertiary/aromatic N) is 1. The molecule has 0 aliphatic carbocycles. The van der Waals surface area contributed by atoms with Gasteiger partial charge in [-0.2, -0.15) is 0 Å². The number of carboxylic acid groups (broad SMARTS) is 1. The van der Waals surface area contributed by atoms with E-state index in [0.717, 1.165) is 19.5 Å². The minimum Gasteiger partial charge on any atom is -0.481 e. The van der Waals surface area contributed by atoms with Gasteiger partial charge in [0.2, 0.25) is 0 Å². The molecule has 0 aromatic rings. The fourth-order valence-electron chi connectivity index (χ4n) is 1.95. The maximum Gasteiger partial charge on any atom is 0.310 e. The van der Waals surface area contributed by atoms with Gasteiger partial charge in [0.05, 0.1) is 12.0 Å². The van der Waals surface area contributed by atoms with Gasteiger partial charge in [-0.25, -0.2) is 0 Å². The molecule has 0 aromatic heterocycles. The summed E-state index contributed by atoms with van der Waals surface area (Å²) in [5.41, 5.74) is 0. The lowest BCUT2D eigenvalue weighted by molar-refractivity contribution is -0.144. The Morgan fingerprint density at radius 1 is 1.53 bits per heavy atom. The van der Waals surface area contributed by atoms with Crippen molar-refractivity contribution >= 4 is 5.97 Å². The Labute approximate surface area is 91.2 Å². The summed E-state index contributed by atoms with van der Waals surface area (Å²) in [6, 6.07) is 0. The summed E-state index contributed by atoms with van der Waals surface area (Å²) in [6.45, 7) is 6.71. The molecule has 1 aliphatic rings. The molecule has 0 spiro atoms. The second kappa shape index (κ2) is 5.47. The molecule has 4 nitrogen and oxygen atoms in total. The third-order valence-corrected chi connectivity index (χ3v) is 2.98. The normalized spacial score (nSPS) is 27.5. The van der Waals surface area contributed by atoms with Crippen LogP contribution < -0.4 is 0 Å². The maximum atomic E-state index is 10.9. The topological polar surface area (TPSA) is 49.8 Å². The number of aliphatic carboxylic acids is 1. The Morgan fingerprint density at radius 3 is 2.60 bits per heavy atom. The molecule has 1 saturated heterocycles. The van der Waals surface area contributed by atoms with Gasteiger partial charge in [-0.15, -0.1) is 0 Å². The van der Waals surface area contributed by atoms with Gasteiger partial charge in [-0.05, 0) is 18.9 Å². The molecule has 0 aromatic carbocycles. The second-order valence-electron chi connectivity index (χ2n) is 4.66. The summed E-state index contributed by atoms with van der Waals surface area (Å²) >= 11 is 0. The van der Waals surface area contributed by atoms with Gasteiger partial charge in [0.25, 0.3) is 0 Å². The fraction of sp³-hybridized carbons (Fsp3) is 0.909. The van der Waals surface area contributed by atoms with Crippen LogP contribution in [0.3, 0.4) is 0 Å². The van der Waals surface area contributed by atoms with Crippen molar-refractivity contribution < 1.29 is 14.6 Å². The van der Waals surface area contributed by atoms with Crippen LogP contribution in [0.5, 0.6) is 0 Å². The molecular formula is C11H21NO3. The molecule has 1 fully saturated rings. The van der Waals surface area contributed by atoms with Crippen LogP contribution in [-0.4, -0.2) is 48.8 Å². The number of hydrogen-bond donors (Lipinski definition) is 1. The highest BCUT2D eigenvalue weighted by Gasteiger charge is 2.37. The van der Waals surface area contributed by atoms with Crippen molar-refractivity contribution in [3.63, 3.8) is 0 Å². The van der Waals surface area contributed by atoms with Crippen LogP contribution in [0.4, 0.5) is 0 Å². The van der Waals surface area contributed by atoms with E-state index < -0.39 is 5.97 Å². The van der Waals surface area contributed by atoms with Gasteiger partial charge < -0.3 is 9.84 Å². The van der Waals surface area contributed by atoms with E-state index in [1.165, 1.54) is 0 Å². The first-order valence-electron chi connectivity index (χ1n) is 5.52. The predicted molar refractivity (Wildman–Crippen MR) is 57.8 cm³/mol. The van der Waals surface area contributed by atoms with Gasteiger partial charge >= 0.3 is 5.97 Å². The van der Waals surface area contributed by atoms with E-state index in [-0.39, 0.29) is 12.0 Å². The number of carbonyl (C=O) groups is 1. The third-order valence-electron chi connectivity index (χ3n) is 2.98. The summed E-state index contributed by atoms with van der Waals surface area (Å²) < 4.78 is 5.20. The molecule has 1 heterocycles. The highest BCUT2D eigenvalue weighted by molar-refractivity contribution is 5.71. The average molecular weight is 215 g/mol. The van der Waals surface area contributed by atoms with Gasteiger partial charge in [0.15, 0.2) is 0 Å². The summed E-state index contributed by atoms with van der Waals surface area (Å²) in [5, 5.41) is 9.00. The Morgan fingerprint density at radius 2 is 2.20 bits per heavy atom. The molecule has 88 valence electrons. The van der Waals surface area contributed by atoms with Crippen molar-refractivity contribution in [2.75, 3.05) is 26.7 Å². The van der Waals surface area contributed by atoms with E-state index in [0.29, 0.717) is 12.5 Å². The molecule has 0 amide bonds. The van der Waals surface area contributed by atoms with Crippen LogP contribution in [0, 0.1) is 11.8 Å². The standard InChI is InChI=1S/C11H21NO3/c1-8(2)4-5-12-6-9(11(13)14)10(7-12)15-3/h8-10H,4-7H2,1-3H3,(H,13,14)/t9-,10-/m1/s1. The Bertz CT molecular complexity index is 218. The molecule has 1 rings (SSSR count). The highest BCUT2D eigenvalue weighted by atomic mass is 16.5. The lowest BCUT2D eigenvalue weighted by Crippen LogP contribution is -2.27. The smallest absolute Gasteiger partial charge is 0.310 e. The van der Waals surface area contributed by atoms with Crippen molar-refractivity contribution in [1.82, 2.24) is 4.90 Å². The number of methoxy groups -OCH3 is 1. The highest BCUT2D eigenvalue weighted by Crippen LogP contribution is 2.20. The van der Waals surface area contributed by atoms with Gasteiger partial charge in [-0.1, -0.05) is 13.8 Å². The first-order chi connectivity index (χ1) is 7.04. The quantitative estimate of drug-likeness (QED) is 0.745. The lowest BCUT2D eigenvalue weighted by atomic mass is 10.1. The number of carboxylic acids is 1. The fourth-order valence-corrected chi connectivity index (χ4v) is 1.95. The van der Waals surface area contributed by atoms with Crippen molar-refractivity contribution in [2.45, 2.75) is 26.4 Å². The minimum atomic E-state index is -0.742. The molecule has 4 heteroatoms. The maximum absolute atomic E-state index is 10.9. The molecule has 0 unspecified atom stereocenters. The molecule has 1 aliphatic heterocycles. The molecule has 2 atom stereocenters. The Balaban J connectivity index is 2.42. The van der Waals surface area contributed by atoms with Gasteiger partial charge in [0.1, 0.15) is 0 Å². The Kier molecular flexibility index (Phi) is 4.54. The van der Waals surface area contributed by atoms with E-state index in [1.54, 1.807) is 7.11 Å². The van der Waals surface area contributed by atoms with Crippen LogP contribution in [0.1, 0.15) is 20.3 Å². The van der Waals surface area contributed by atoms with E-state index >= 15 is 0 Å². The summed E-state index contributed by atoms with van der Waals surface area (Å²) in [6.07, 6.45) is 0.970. The molecular weight excluding hydrogens is 194 g/mol. The van der Waals surface area contributed by atoms with Crippen molar-refractivity contribution in [3.8, 4) is 0 Å². The van der Waals surface area contributed by atoms with Crippen molar-refractivity contribution in [2.24, 2.45) is 11.8 Å². The number of hydrogen-bond acceptors (Lipinski definition) is 3. The van der Waals surface area contributed by atoms with Crippen LogP contribution >= 0.6 is 0 Å². The molecule has 1 N–H and O–H groups in total. The molecule has 0 radical (unpaired) electrons. The molecule has 0 saturated carbocycles. The number of likely N-dealkylation sites (tertiary alicyclic amines) is 1. The summed E-state index contributed by atoms with van der Waals surface area (Å²) in [5.74, 6) is -0.439. The second-order valence-corrected chi connectivity index (χ2v) is 4.66. The zero-order valence-electron chi connectivity index (χ0n) is 9.77. The van der Waals surface area contributed by atoms with Gasteiger partial charge in [0, 0.05) is 20.2 Å². The lowest BCUT2D eigenvalue weighted by Gasteiger charge is -2.16. The first kappa shape index (κ1) is 12.5. The molecule has 15 heavy (non-hydrogen) atoms. The Hall–Kier alpha value is -0.610. The van der Waals surface area contributed by atoms with E-state index in [4.69, 9.17) is 9.84 Å². The van der Waals surface area contributed by atoms with Crippen LogP contribution in [0.2, 0.25) is 0 Å². The SMILES string of the molecule is CO[C@@H]1CN(CCC(C)C)C[C@H]1C(=O)O. The summed E-state index contributed by atoms with van der Waals surface area (Å²) in [7, 11) is 1.59. The minimum absolute atomic E-state index is 0.144. The van der Waals surface area contributed by atoms with Crippen LogP contribution in [0.25, 0.3) is 0 Å². The van der Waals surface area contributed by atoms with E-state index in [2.05, 4.69) is 18.7 Å². The van der Waals surface area contributed by atoms with Crippen LogP contribution in [0.15, 0.2) is 0 Å². The van der Waals surface area contributed by atoms with Gasteiger partial charge in [-0.3, -0.25) is 9.69 Å². The first-order valence-corrected chi connectivity index (χ1v) is 5.52. The average Bonchev–Trinajstić information content (AvgIpc) is 2.57. The van der Waals surface area contributed by atoms with E-state index in [9.17, 15) is 4.79 Å². The molecule has 0 bridgehead atoms. The van der Waals surface area contributed by atoms with Crippen molar-refractivity contribution in [1.29, 1.82) is 0 Å². The predicted octanol–water partition coefficient (Wildman–Crippen LogP) is 1.06. The largest absolute Gasteiger partial charge is 0.481 e. The number of ether oxygens (including phenoxy) is 1. The monoisotopic (exact) mass is 215 g/mol. The zero-order chi connectivity index (χ0) is 11.4. The zero-order valence-corrected chi connectivity index (χ0v) is 9.77. The third kappa shape index (κ3) is 3.47. The summed E-state index contributed by atoms with van der Waals surface area (Å²) in [4.78, 5) is 13.1. The van der Waals surface area contributed by atoms with E-state index in [1.807, 2.05) is 0 Å².